The Morgan fingerprint density at radius 1 is 1.39 bits per heavy atom. The van der Waals surface area contributed by atoms with Crippen LogP contribution in [0.5, 0.6) is 0 Å². The molecule has 2 aromatic rings. The van der Waals surface area contributed by atoms with E-state index in [1.54, 1.807) is 0 Å². The summed E-state index contributed by atoms with van der Waals surface area (Å²) in [7, 11) is 3.91. The third-order valence-corrected chi connectivity index (χ3v) is 4.80. The minimum Gasteiger partial charge on any atom is -0.311 e. The van der Waals surface area contributed by atoms with Crippen molar-refractivity contribution in [3.8, 4) is 0 Å². The summed E-state index contributed by atoms with van der Waals surface area (Å²) in [6, 6.07) is 10.6. The molecule has 0 bridgehead atoms. The summed E-state index contributed by atoms with van der Waals surface area (Å²) in [5.41, 5.74) is 1.08. The van der Waals surface area contributed by atoms with Gasteiger partial charge in [-0.1, -0.05) is 12.1 Å². The molecular weight excluding hydrogens is 310 g/mol. The summed E-state index contributed by atoms with van der Waals surface area (Å²) >= 11 is 5.39. The SMILES string of the molecule is CNC(CSc1ccccc1Br)c1ccn(C)n1. The van der Waals surface area contributed by atoms with Crippen molar-refractivity contribution in [3.63, 3.8) is 0 Å². The Hall–Kier alpha value is -0.780. The summed E-state index contributed by atoms with van der Waals surface area (Å²) in [5, 5.41) is 7.76. The minimum atomic E-state index is 0.267. The zero-order valence-corrected chi connectivity index (χ0v) is 12.8. The molecule has 0 aliphatic heterocycles. The largest absolute Gasteiger partial charge is 0.311 e. The van der Waals surface area contributed by atoms with Crippen molar-refractivity contribution in [2.75, 3.05) is 12.8 Å². The van der Waals surface area contributed by atoms with Gasteiger partial charge in [-0.15, -0.1) is 11.8 Å². The van der Waals surface area contributed by atoms with Gasteiger partial charge in [0.2, 0.25) is 0 Å². The van der Waals surface area contributed by atoms with Crippen molar-refractivity contribution in [1.29, 1.82) is 0 Å². The number of aryl methyl sites for hydroxylation is 1. The van der Waals surface area contributed by atoms with Gasteiger partial charge in [0.1, 0.15) is 0 Å². The molecule has 0 saturated heterocycles. The highest BCUT2D eigenvalue weighted by Crippen LogP contribution is 2.29. The fraction of sp³-hybridized carbons (Fsp3) is 0.308. The molecule has 96 valence electrons. The van der Waals surface area contributed by atoms with Crippen LogP contribution in [0.2, 0.25) is 0 Å². The van der Waals surface area contributed by atoms with Crippen LogP contribution in [0.1, 0.15) is 11.7 Å². The van der Waals surface area contributed by atoms with E-state index in [0.717, 1.165) is 15.9 Å². The van der Waals surface area contributed by atoms with Gasteiger partial charge in [-0.25, -0.2) is 0 Å². The monoisotopic (exact) mass is 325 g/mol. The number of thioether (sulfide) groups is 1. The molecule has 1 aromatic carbocycles. The molecular formula is C13H16BrN3S. The summed E-state index contributed by atoms with van der Waals surface area (Å²) in [6.07, 6.45) is 1.97. The predicted molar refractivity (Wildman–Crippen MR) is 79.9 cm³/mol. The maximum atomic E-state index is 4.45. The highest BCUT2D eigenvalue weighted by atomic mass is 79.9. The quantitative estimate of drug-likeness (QED) is 0.856. The van der Waals surface area contributed by atoms with Crippen molar-refractivity contribution < 1.29 is 0 Å². The van der Waals surface area contributed by atoms with Crippen molar-refractivity contribution in [2.24, 2.45) is 7.05 Å². The maximum Gasteiger partial charge on any atom is 0.0802 e. The second kappa shape index (κ2) is 6.41. The van der Waals surface area contributed by atoms with E-state index in [0.29, 0.717) is 0 Å². The fourth-order valence-corrected chi connectivity index (χ4v) is 3.36. The van der Waals surface area contributed by atoms with Crippen LogP contribution in [0.15, 0.2) is 45.9 Å². The van der Waals surface area contributed by atoms with Gasteiger partial charge in [-0.3, -0.25) is 4.68 Å². The number of halogens is 1. The van der Waals surface area contributed by atoms with Gasteiger partial charge in [0.15, 0.2) is 0 Å². The number of hydrogen-bond acceptors (Lipinski definition) is 3. The Labute approximate surface area is 120 Å². The topological polar surface area (TPSA) is 29.9 Å². The van der Waals surface area contributed by atoms with Gasteiger partial charge < -0.3 is 5.32 Å². The van der Waals surface area contributed by atoms with Crippen LogP contribution >= 0.6 is 27.7 Å². The lowest BCUT2D eigenvalue weighted by Crippen LogP contribution is -2.19. The van der Waals surface area contributed by atoms with Gasteiger partial charge in [0.05, 0.1) is 11.7 Å². The number of rotatable bonds is 5. The average molecular weight is 326 g/mol. The minimum absolute atomic E-state index is 0.267. The molecule has 0 saturated carbocycles. The fourth-order valence-electron chi connectivity index (χ4n) is 1.67. The average Bonchev–Trinajstić information content (AvgIpc) is 2.79. The second-order valence-electron chi connectivity index (χ2n) is 4.00. The van der Waals surface area contributed by atoms with Crippen molar-refractivity contribution in [3.05, 3.63) is 46.7 Å². The van der Waals surface area contributed by atoms with Gasteiger partial charge in [0, 0.05) is 28.4 Å². The molecule has 0 amide bonds. The maximum absolute atomic E-state index is 4.45. The molecule has 5 heteroatoms. The normalized spacial score (nSPS) is 12.6. The van der Waals surface area contributed by atoms with Gasteiger partial charge >= 0.3 is 0 Å². The third-order valence-electron chi connectivity index (χ3n) is 2.68. The van der Waals surface area contributed by atoms with Crippen LogP contribution in [0, 0.1) is 0 Å². The van der Waals surface area contributed by atoms with E-state index in [9.17, 15) is 0 Å². The molecule has 0 aliphatic rings. The molecule has 3 nitrogen and oxygen atoms in total. The van der Waals surface area contributed by atoms with Crippen LogP contribution in [0.25, 0.3) is 0 Å². The third kappa shape index (κ3) is 3.37. The predicted octanol–water partition coefficient (Wildman–Crippen LogP) is 3.24. The number of hydrogen-bond donors (Lipinski definition) is 1. The Kier molecular flexibility index (Phi) is 4.86. The summed E-state index contributed by atoms with van der Waals surface area (Å²) < 4.78 is 2.98. The highest BCUT2D eigenvalue weighted by Gasteiger charge is 2.13. The standard InChI is InChI=1S/C13H16BrN3S/c1-15-12(11-7-8-17(2)16-11)9-18-13-6-4-3-5-10(13)14/h3-8,12,15H,9H2,1-2H3. The zero-order valence-electron chi connectivity index (χ0n) is 10.4. The molecule has 18 heavy (non-hydrogen) atoms. The number of nitrogens with zero attached hydrogens (tertiary/aromatic N) is 2. The van der Waals surface area contributed by atoms with E-state index in [1.165, 1.54) is 4.90 Å². The van der Waals surface area contributed by atoms with E-state index in [1.807, 2.05) is 42.8 Å². The van der Waals surface area contributed by atoms with E-state index >= 15 is 0 Å². The lowest BCUT2D eigenvalue weighted by molar-refractivity contribution is 0.619. The Morgan fingerprint density at radius 3 is 2.78 bits per heavy atom. The first-order chi connectivity index (χ1) is 8.70. The van der Waals surface area contributed by atoms with Crippen LogP contribution in [-0.4, -0.2) is 22.6 Å². The Morgan fingerprint density at radius 2 is 2.17 bits per heavy atom. The Balaban J connectivity index is 2.02. The molecule has 1 unspecified atom stereocenters. The first kappa shape index (κ1) is 13.6. The Bertz CT molecular complexity index is 512. The van der Waals surface area contributed by atoms with Crippen molar-refractivity contribution >= 4 is 27.7 Å². The molecule has 1 heterocycles. The van der Waals surface area contributed by atoms with Crippen LogP contribution < -0.4 is 5.32 Å². The van der Waals surface area contributed by atoms with E-state index < -0.39 is 0 Å². The number of aromatic nitrogens is 2. The van der Waals surface area contributed by atoms with Crippen molar-refractivity contribution in [2.45, 2.75) is 10.9 Å². The number of nitrogens with one attached hydrogen (secondary N) is 1. The van der Waals surface area contributed by atoms with Gasteiger partial charge in [0.25, 0.3) is 0 Å². The molecule has 1 N–H and O–H groups in total. The zero-order chi connectivity index (χ0) is 13.0. The number of benzene rings is 1. The van der Waals surface area contributed by atoms with E-state index in [2.05, 4.69) is 50.6 Å². The molecule has 0 fully saturated rings. The first-order valence-corrected chi connectivity index (χ1v) is 7.52. The first-order valence-electron chi connectivity index (χ1n) is 5.75. The molecule has 0 aliphatic carbocycles. The highest BCUT2D eigenvalue weighted by molar-refractivity contribution is 9.10. The molecule has 1 atom stereocenters. The summed E-state index contributed by atoms with van der Waals surface area (Å²) in [5.74, 6) is 0.954. The van der Waals surface area contributed by atoms with Crippen LogP contribution in [0.3, 0.4) is 0 Å². The van der Waals surface area contributed by atoms with Gasteiger partial charge in [-0.2, -0.15) is 5.10 Å². The van der Waals surface area contributed by atoms with Gasteiger partial charge in [-0.05, 0) is 41.2 Å². The van der Waals surface area contributed by atoms with E-state index in [-0.39, 0.29) is 6.04 Å². The second-order valence-corrected chi connectivity index (χ2v) is 5.91. The molecule has 2 rings (SSSR count). The summed E-state index contributed by atoms with van der Waals surface area (Å²) in [4.78, 5) is 1.26. The molecule has 0 spiro atoms. The van der Waals surface area contributed by atoms with Crippen LogP contribution in [-0.2, 0) is 7.05 Å². The molecule has 0 radical (unpaired) electrons. The van der Waals surface area contributed by atoms with Crippen LogP contribution in [0.4, 0.5) is 0 Å². The summed E-state index contributed by atoms with van der Waals surface area (Å²) in [6.45, 7) is 0. The molecule has 1 aromatic heterocycles. The lowest BCUT2D eigenvalue weighted by Gasteiger charge is -2.13. The lowest BCUT2D eigenvalue weighted by atomic mass is 10.2. The van der Waals surface area contributed by atoms with Crippen molar-refractivity contribution in [1.82, 2.24) is 15.1 Å². The smallest absolute Gasteiger partial charge is 0.0802 e. The van der Waals surface area contributed by atoms with E-state index in [4.69, 9.17) is 0 Å².